The van der Waals surface area contributed by atoms with Crippen LogP contribution in [0.3, 0.4) is 0 Å². The van der Waals surface area contributed by atoms with Crippen LogP contribution in [-0.4, -0.2) is 0 Å². The van der Waals surface area contributed by atoms with Gasteiger partial charge in [0.25, 0.3) is 0 Å². The van der Waals surface area contributed by atoms with E-state index in [4.69, 9.17) is 11.5 Å². The average Bonchev–Trinajstić information content (AvgIpc) is 2.26. The number of para-hydroxylation sites is 1. The average molecular weight is 214 g/mol. The molecule has 0 bridgehead atoms. The van der Waals surface area contributed by atoms with Gasteiger partial charge in [-0.25, -0.2) is 0 Å². The third-order valence-electron chi connectivity index (χ3n) is 2.23. The highest BCUT2D eigenvalue weighted by Crippen LogP contribution is 2.10. The monoisotopic (exact) mass is 214 g/mol. The van der Waals surface area contributed by atoms with Crippen molar-refractivity contribution in [1.82, 2.24) is 0 Å². The van der Waals surface area contributed by atoms with E-state index >= 15 is 0 Å². The Morgan fingerprint density at radius 3 is 1.81 bits per heavy atom. The van der Waals surface area contributed by atoms with Gasteiger partial charge in [-0.2, -0.15) is 0 Å². The van der Waals surface area contributed by atoms with Gasteiger partial charge in [0.1, 0.15) is 0 Å². The van der Waals surface area contributed by atoms with Crippen LogP contribution in [0.2, 0.25) is 0 Å². The Bertz CT molecular complexity index is 436. The molecule has 0 atom stereocenters. The van der Waals surface area contributed by atoms with Gasteiger partial charge in [-0.3, -0.25) is 0 Å². The zero-order valence-electron chi connectivity index (χ0n) is 9.77. The maximum Gasteiger partial charge on any atom is 0.0346 e. The summed E-state index contributed by atoms with van der Waals surface area (Å²) in [7, 11) is 0. The first-order valence-corrected chi connectivity index (χ1v) is 5.23. The topological polar surface area (TPSA) is 52.0 Å². The molecule has 2 rings (SSSR count). The van der Waals surface area contributed by atoms with Gasteiger partial charge in [0, 0.05) is 11.4 Å². The molecule has 0 spiro atoms. The molecule has 16 heavy (non-hydrogen) atoms. The molecule has 0 fully saturated rings. The Hall–Kier alpha value is -1.96. The maximum atomic E-state index is 5.62. The highest BCUT2D eigenvalue weighted by molar-refractivity contribution is 5.47. The molecular weight excluding hydrogens is 196 g/mol. The summed E-state index contributed by atoms with van der Waals surface area (Å²) in [5, 5.41) is 0. The third-order valence-corrected chi connectivity index (χ3v) is 2.23. The van der Waals surface area contributed by atoms with Gasteiger partial charge >= 0.3 is 0 Å². The Morgan fingerprint density at radius 2 is 1.44 bits per heavy atom. The highest BCUT2D eigenvalue weighted by Gasteiger charge is 1.89. The van der Waals surface area contributed by atoms with Gasteiger partial charge in [0.2, 0.25) is 0 Å². The van der Waals surface area contributed by atoms with Crippen LogP contribution in [0.4, 0.5) is 11.4 Å². The molecule has 4 N–H and O–H groups in total. The summed E-state index contributed by atoms with van der Waals surface area (Å²) in [6, 6.07) is 15.6. The quantitative estimate of drug-likeness (QED) is 0.662. The second-order valence-electron chi connectivity index (χ2n) is 3.77. The lowest BCUT2D eigenvalue weighted by molar-refractivity contribution is 1.40. The Morgan fingerprint density at radius 1 is 0.812 bits per heavy atom. The number of benzene rings is 2. The standard InChI is InChI=1S/C8H11N.C6H7N/c1-6-3-4-7(2)8(9)5-6;7-6-4-2-1-3-5-6/h3-5H,9H2,1-2H3;1-5H,7H2. The van der Waals surface area contributed by atoms with Crippen molar-refractivity contribution in [3.63, 3.8) is 0 Å². The maximum absolute atomic E-state index is 5.62. The van der Waals surface area contributed by atoms with Crippen LogP contribution in [0.1, 0.15) is 11.1 Å². The number of hydrogen-bond acceptors (Lipinski definition) is 2. The van der Waals surface area contributed by atoms with Crippen LogP contribution in [0, 0.1) is 13.8 Å². The van der Waals surface area contributed by atoms with Crippen LogP contribution < -0.4 is 11.5 Å². The summed E-state index contributed by atoms with van der Waals surface area (Å²) in [4.78, 5) is 0. The lowest BCUT2D eigenvalue weighted by Gasteiger charge is -1.98. The minimum atomic E-state index is 0.822. The Labute approximate surface area is 96.9 Å². The first kappa shape index (κ1) is 12.1. The highest BCUT2D eigenvalue weighted by atomic mass is 14.5. The summed E-state index contributed by atoms with van der Waals surface area (Å²) in [6.07, 6.45) is 0. The first-order valence-electron chi connectivity index (χ1n) is 5.23. The van der Waals surface area contributed by atoms with E-state index in [1.807, 2.05) is 56.3 Å². The van der Waals surface area contributed by atoms with E-state index in [2.05, 4.69) is 6.07 Å². The SMILES string of the molecule is Cc1ccc(C)c(N)c1.Nc1ccccc1. The van der Waals surface area contributed by atoms with Gasteiger partial charge in [-0.05, 0) is 43.2 Å². The van der Waals surface area contributed by atoms with Crippen LogP contribution in [-0.2, 0) is 0 Å². The molecule has 2 aromatic rings. The molecule has 0 aliphatic heterocycles. The van der Waals surface area contributed by atoms with Crippen molar-refractivity contribution < 1.29 is 0 Å². The summed E-state index contributed by atoms with van der Waals surface area (Å²) in [5.74, 6) is 0. The number of hydrogen-bond donors (Lipinski definition) is 2. The van der Waals surface area contributed by atoms with E-state index in [0.717, 1.165) is 16.9 Å². The molecule has 0 aromatic heterocycles. The van der Waals surface area contributed by atoms with E-state index in [9.17, 15) is 0 Å². The fourth-order valence-corrected chi connectivity index (χ4v) is 1.21. The van der Waals surface area contributed by atoms with E-state index in [1.165, 1.54) is 5.56 Å². The van der Waals surface area contributed by atoms with Crippen LogP contribution in [0.15, 0.2) is 48.5 Å². The summed E-state index contributed by atoms with van der Waals surface area (Å²) >= 11 is 0. The van der Waals surface area contributed by atoms with E-state index in [-0.39, 0.29) is 0 Å². The van der Waals surface area contributed by atoms with Crippen molar-refractivity contribution in [2.75, 3.05) is 11.5 Å². The minimum Gasteiger partial charge on any atom is -0.399 e. The van der Waals surface area contributed by atoms with Crippen LogP contribution >= 0.6 is 0 Å². The lowest BCUT2D eigenvalue weighted by Crippen LogP contribution is -1.88. The molecule has 0 amide bonds. The molecule has 0 aliphatic carbocycles. The molecule has 0 unspecified atom stereocenters. The second kappa shape index (κ2) is 5.81. The van der Waals surface area contributed by atoms with E-state index < -0.39 is 0 Å². The Balaban J connectivity index is 0.000000165. The summed E-state index contributed by atoms with van der Waals surface area (Å²) in [5.41, 5.74) is 15.1. The number of aryl methyl sites for hydroxylation is 2. The number of anilines is 2. The molecule has 2 nitrogen and oxygen atoms in total. The molecule has 0 saturated heterocycles. The van der Waals surface area contributed by atoms with Crippen molar-refractivity contribution in [1.29, 1.82) is 0 Å². The predicted octanol–water partition coefficient (Wildman–Crippen LogP) is 3.15. The van der Waals surface area contributed by atoms with Crippen molar-refractivity contribution in [2.24, 2.45) is 0 Å². The summed E-state index contributed by atoms with van der Waals surface area (Å²) < 4.78 is 0. The molecule has 2 heteroatoms. The number of nitrogens with two attached hydrogens (primary N) is 2. The molecule has 0 aliphatic rings. The molecule has 2 aromatic carbocycles. The lowest BCUT2D eigenvalue weighted by atomic mass is 10.1. The minimum absolute atomic E-state index is 0.822. The summed E-state index contributed by atoms with van der Waals surface area (Å²) in [6.45, 7) is 4.05. The molecule has 0 heterocycles. The zero-order valence-corrected chi connectivity index (χ0v) is 9.77. The fourth-order valence-electron chi connectivity index (χ4n) is 1.21. The van der Waals surface area contributed by atoms with Gasteiger partial charge in [-0.1, -0.05) is 30.3 Å². The van der Waals surface area contributed by atoms with Gasteiger partial charge < -0.3 is 11.5 Å². The normalized spacial score (nSPS) is 9.12. The van der Waals surface area contributed by atoms with E-state index in [1.54, 1.807) is 0 Å². The number of nitrogen functional groups attached to an aromatic ring is 2. The van der Waals surface area contributed by atoms with Gasteiger partial charge in [0.15, 0.2) is 0 Å². The zero-order chi connectivity index (χ0) is 12.0. The van der Waals surface area contributed by atoms with Crippen molar-refractivity contribution in [2.45, 2.75) is 13.8 Å². The molecule has 84 valence electrons. The predicted molar refractivity (Wildman–Crippen MR) is 71.2 cm³/mol. The molecular formula is C14H18N2. The Kier molecular flexibility index (Phi) is 4.40. The van der Waals surface area contributed by atoms with E-state index in [0.29, 0.717) is 0 Å². The molecule has 0 radical (unpaired) electrons. The van der Waals surface area contributed by atoms with Gasteiger partial charge in [-0.15, -0.1) is 0 Å². The smallest absolute Gasteiger partial charge is 0.0346 e. The van der Waals surface area contributed by atoms with Crippen LogP contribution in [0.25, 0.3) is 0 Å². The third kappa shape index (κ3) is 4.05. The van der Waals surface area contributed by atoms with Crippen molar-refractivity contribution >= 4 is 11.4 Å². The van der Waals surface area contributed by atoms with Crippen molar-refractivity contribution in [3.05, 3.63) is 59.7 Å². The second-order valence-corrected chi connectivity index (χ2v) is 3.77. The largest absolute Gasteiger partial charge is 0.399 e. The number of rotatable bonds is 0. The van der Waals surface area contributed by atoms with Crippen LogP contribution in [0.5, 0.6) is 0 Å². The van der Waals surface area contributed by atoms with Crippen molar-refractivity contribution in [3.8, 4) is 0 Å². The molecule has 0 saturated carbocycles. The van der Waals surface area contributed by atoms with Gasteiger partial charge in [0.05, 0.1) is 0 Å². The first-order chi connectivity index (χ1) is 7.59. The fraction of sp³-hybridized carbons (Fsp3) is 0.143.